The Morgan fingerprint density at radius 1 is 0.897 bits per heavy atom. The summed E-state index contributed by atoms with van der Waals surface area (Å²) in [5.74, 6) is 0.581. The summed E-state index contributed by atoms with van der Waals surface area (Å²) in [4.78, 5) is 9.02. The van der Waals surface area contributed by atoms with Crippen LogP contribution >= 0.6 is 0 Å². The number of nitrogens with zero attached hydrogens (tertiary/aromatic N) is 2. The van der Waals surface area contributed by atoms with Crippen molar-refractivity contribution in [2.75, 3.05) is 18.5 Å². The number of hydrogen-bond acceptors (Lipinski definition) is 6. The molecule has 1 N–H and O–H groups in total. The van der Waals surface area contributed by atoms with Crippen LogP contribution in [0.4, 0.5) is 5.95 Å². The highest BCUT2D eigenvalue weighted by atomic mass is 16.6. The van der Waals surface area contributed by atoms with Crippen LogP contribution in [-0.2, 0) is 20.8 Å². The summed E-state index contributed by atoms with van der Waals surface area (Å²) in [6.45, 7) is 1.63. The molecule has 0 amide bonds. The van der Waals surface area contributed by atoms with E-state index in [1.165, 1.54) is 0 Å². The van der Waals surface area contributed by atoms with Gasteiger partial charge in [0.05, 0.1) is 31.6 Å². The average molecular weight is 389 g/mol. The maximum atomic E-state index is 6.07. The van der Waals surface area contributed by atoms with Crippen molar-refractivity contribution in [2.24, 2.45) is 0 Å². The highest BCUT2D eigenvalue weighted by molar-refractivity contribution is 5.59. The van der Waals surface area contributed by atoms with Crippen LogP contribution < -0.4 is 5.32 Å². The second-order valence-corrected chi connectivity index (χ2v) is 7.31. The Labute approximate surface area is 169 Å². The van der Waals surface area contributed by atoms with Crippen LogP contribution in [0.15, 0.2) is 72.9 Å². The number of benzene rings is 2. The molecule has 2 fully saturated rings. The first-order valence-electron chi connectivity index (χ1n) is 9.90. The van der Waals surface area contributed by atoms with Gasteiger partial charge in [0.25, 0.3) is 0 Å². The molecule has 0 radical (unpaired) electrons. The summed E-state index contributed by atoms with van der Waals surface area (Å²) in [7, 11) is 0. The molecule has 3 aromatic rings. The number of ether oxygens (including phenoxy) is 3. The molecule has 148 valence electrons. The number of anilines is 1. The zero-order chi connectivity index (χ0) is 19.5. The van der Waals surface area contributed by atoms with Crippen molar-refractivity contribution in [3.8, 4) is 11.3 Å². The Morgan fingerprint density at radius 3 is 2.48 bits per heavy atom. The molecule has 2 aliphatic rings. The van der Waals surface area contributed by atoms with E-state index in [1.807, 2.05) is 54.6 Å². The molecule has 6 heteroatoms. The van der Waals surface area contributed by atoms with Crippen LogP contribution in [0.2, 0.25) is 0 Å². The van der Waals surface area contributed by atoms with Crippen LogP contribution in [0.5, 0.6) is 0 Å². The van der Waals surface area contributed by atoms with Gasteiger partial charge in [-0.05, 0) is 11.6 Å². The first-order chi connectivity index (χ1) is 14.4. The smallest absolute Gasteiger partial charge is 0.223 e. The van der Waals surface area contributed by atoms with E-state index in [9.17, 15) is 0 Å². The van der Waals surface area contributed by atoms with E-state index < -0.39 is 0 Å². The fourth-order valence-corrected chi connectivity index (χ4v) is 3.87. The molecule has 0 unspecified atom stereocenters. The molecule has 1 aromatic heterocycles. The number of rotatable bonds is 6. The van der Waals surface area contributed by atoms with Crippen molar-refractivity contribution in [2.45, 2.75) is 31.0 Å². The lowest BCUT2D eigenvalue weighted by atomic mass is 10.1. The van der Waals surface area contributed by atoms with Gasteiger partial charge >= 0.3 is 0 Å². The standard InChI is InChI=1S/C23H23N3O3/c1-3-7-16(8-4-1)13-27-20-15-29-21-19(14-28-22(20)21)26-23-24-12-11-18(25-23)17-9-5-2-6-10-17/h1-12,19-22H,13-15H2,(H,24,25,26)/t19-,20-,21-,22+/m0/s1. The van der Waals surface area contributed by atoms with Gasteiger partial charge in [0.15, 0.2) is 0 Å². The lowest BCUT2D eigenvalue weighted by Crippen LogP contribution is -2.37. The number of aromatic nitrogens is 2. The molecular weight excluding hydrogens is 366 g/mol. The summed E-state index contributed by atoms with van der Waals surface area (Å²) in [5, 5.41) is 3.39. The quantitative estimate of drug-likeness (QED) is 0.698. The molecule has 0 saturated carbocycles. The van der Waals surface area contributed by atoms with Crippen LogP contribution in [-0.4, -0.2) is 47.5 Å². The molecule has 2 saturated heterocycles. The van der Waals surface area contributed by atoms with E-state index in [4.69, 9.17) is 14.2 Å². The second kappa shape index (κ2) is 8.29. The van der Waals surface area contributed by atoms with Gasteiger partial charge < -0.3 is 19.5 Å². The highest BCUT2D eigenvalue weighted by Gasteiger charge is 2.48. The SMILES string of the molecule is c1ccc(CO[C@H]2CO[C@@H]3[C@@H]2OC[C@@H]3Nc2nccc(-c3ccccc3)n2)cc1. The monoisotopic (exact) mass is 389 g/mol. The van der Waals surface area contributed by atoms with Crippen LogP contribution in [0, 0.1) is 0 Å². The number of hydrogen-bond donors (Lipinski definition) is 1. The minimum Gasteiger partial charge on any atom is -0.370 e. The summed E-state index contributed by atoms with van der Waals surface area (Å²) in [6.07, 6.45) is 1.56. The fourth-order valence-electron chi connectivity index (χ4n) is 3.87. The van der Waals surface area contributed by atoms with Crippen molar-refractivity contribution in [1.82, 2.24) is 9.97 Å². The van der Waals surface area contributed by atoms with Crippen molar-refractivity contribution >= 4 is 5.95 Å². The molecule has 6 nitrogen and oxygen atoms in total. The lowest BCUT2D eigenvalue weighted by Gasteiger charge is -2.18. The minimum absolute atomic E-state index is 0.00338. The molecule has 5 rings (SSSR count). The third-order valence-corrected chi connectivity index (χ3v) is 5.35. The molecule has 3 heterocycles. The zero-order valence-corrected chi connectivity index (χ0v) is 16.0. The second-order valence-electron chi connectivity index (χ2n) is 7.31. The van der Waals surface area contributed by atoms with Crippen LogP contribution in [0.3, 0.4) is 0 Å². The molecule has 0 spiro atoms. The first kappa shape index (κ1) is 18.2. The summed E-state index contributed by atoms with van der Waals surface area (Å²) < 4.78 is 18.1. The maximum Gasteiger partial charge on any atom is 0.223 e. The van der Waals surface area contributed by atoms with E-state index in [0.29, 0.717) is 25.8 Å². The molecule has 0 aliphatic carbocycles. The largest absolute Gasteiger partial charge is 0.370 e. The van der Waals surface area contributed by atoms with Crippen molar-refractivity contribution < 1.29 is 14.2 Å². The van der Waals surface area contributed by atoms with E-state index in [0.717, 1.165) is 16.8 Å². The third-order valence-electron chi connectivity index (χ3n) is 5.35. The predicted octanol–water partition coefficient (Wildman–Crippen LogP) is 3.31. The molecular formula is C23H23N3O3. The fraction of sp³-hybridized carbons (Fsp3) is 0.304. The maximum absolute atomic E-state index is 6.07. The van der Waals surface area contributed by atoms with Gasteiger partial charge in [-0.25, -0.2) is 9.97 Å². The Balaban J connectivity index is 1.22. The topological polar surface area (TPSA) is 65.5 Å². The van der Waals surface area contributed by atoms with Crippen molar-refractivity contribution in [1.29, 1.82) is 0 Å². The minimum atomic E-state index is -0.0754. The Bertz CT molecular complexity index is 938. The van der Waals surface area contributed by atoms with E-state index in [-0.39, 0.29) is 24.4 Å². The predicted molar refractivity (Wildman–Crippen MR) is 109 cm³/mol. The highest BCUT2D eigenvalue weighted by Crippen LogP contribution is 2.31. The van der Waals surface area contributed by atoms with E-state index in [1.54, 1.807) is 6.20 Å². The van der Waals surface area contributed by atoms with Gasteiger partial charge in [-0.15, -0.1) is 0 Å². The Kier molecular flexibility index (Phi) is 5.21. The molecule has 0 bridgehead atoms. The van der Waals surface area contributed by atoms with Crippen LogP contribution in [0.1, 0.15) is 5.56 Å². The van der Waals surface area contributed by atoms with Crippen LogP contribution in [0.25, 0.3) is 11.3 Å². The van der Waals surface area contributed by atoms with Crippen molar-refractivity contribution in [3.63, 3.8) is 0 Å². The van der Waals surface area contributed by atoms with Gasteiger partial charge in [-0.3, -0.25) is 0 Å². The first-order valence-corrected chi connectivity index (χ1v) is 9.90. The van der Waals surface area contributed by atoms with Gasteiger partial charge in [-0.2, -0.15) is 0 Å². The third kappa shape index (κ3) is 4.00. The lowest BCUT2D eigenvalue weighted by molar-refractivity contribution is -0.0388. The van der Waals surface area contributed by atoms with Crippen molar-refractivity contribution in [3.05, 3.63) is 78.5 Å². The molecule has 4 atom stereocenters. The van der Waals surface area contributed by atoms with E-state index in [2.05, 4.69) is 27.4 Å². The van der Waals surface area contributed by atoms with Gasteiger partial charge in [0.1, 0.15) is 18.3 Å². The number of nitrogens with one attached hydrogen (secondary N) is 1. The van der Waals surface area contributed by atoms with Gasteiger partial charge in [0, 0.05) is 11.8 Å². The van der Waals surface area contributed by atoms with Gasteiger partial charge in [-0.1, -0.05) is 60.7 Å². The summed E-state index contributed by atoms with van der Waals surface area (Å²) in [5.41, 5.74) is 3.09. The molecule has 29 heavy (non-hydrogen) atoms. The summed E-state index contributed by atoms with van der Waals surface area (Å²) in [6, 6.07) is 22.1. The average Bonchev–Trinajstić information content (AvgIpc) is 3.37. The Morgan fingerprint density at radius 2 is 1.66 bits per heavy atom. The summed E-state index contributed by atoms with van der Waals surface area (Å²) >= 11 is 0. The molecule has 2 aromatic carbocycles. The Hall–Kier alpha value is -2.80. The van der Waals surface area contributed by atoms with Gasteiger partial charge in [0.2, 0.25) is 5.95 Å². The molecule has 2 aliphatic heterocycles. The normalized spacial score (nSPS) is 25.7. The van der Waals surface area contributed by atoms with E-state index >= 15 is 0 Å². The zero-order valence-electron chi connectivity index (χ0n) is 16.0. The number of fused-ring (bicyclic) bond motifs is 1.